The Morgan fingerprint density at radius 1 is 1.14 bits per heavy atom. The molecule has 0 aliphatic heterocycles. The Labute approximate surface area is 122 Å². The van der Waals surface area contributed by atoms with Crippen LogP contribution in [-0.2, 0) is 6.54 Å². The summed E-state index contributed by atoms with van der Waals surface area (Å²) in [4.78, 5) is 28.8. The molecule has 0 bridgehead atoms. The van der Waals surface area contributed by atoms with Crippen molar-refractivity contribution in [2.45, 2.75) is 19.5 Å². The van der Waals surface area contributed by atoms with Crippen LogP contribution < -0.4 is 0 Å². The van der Waals surface area contributed by atoms with E-state index in [9.17, 15) is 14.7 Å². The van der Waals surface area contributed by atoms with Crippen molar-refractivity contribution in [3.8, 4) is 0 Å². The van der Waals surface area contributed by atoms with E-state index in [0.29, 0.717) is 5.56 Å². The molecule has 0 saturated carbocycles. The van der Waals surface area contributed by atoms with E-state index in [-0.39, 0.29) is 12.3 Å². The standard InChI is InChI=1S/C16H16N2O3/c1-12(15(19)14-7-9-17-10-8-14)18(16(20)21)11-13-5-3-2-4-6-13/h2-10,12H,11H2,1H3,(H,20,21). The van der Waals surface area contributed by atoms with Crippen molar-refractivity contribution in [3.05, 3.63) is 66.0 Å². The number of rotatable bonds is 5. The third-order valence-electron chi connectivity index (χ3n) is 3.25. The first-order valence-electron chi connectivity index (χ1n) is 6.57. The molecule has 5 heteroatoms. The van der Waals surface area contributed by atoms with Crippen LogP contribution in [0.4, 0.5) is 4.79 Å². The summed E-state index contributed by atoms with van der Waals surface area (Å²) in [5.74, 6) is -0.240. The minimum Gasteiger partial charge on any atom is -0.465 e. The Balaban J connectivity index is 2.18. The van der Waals surface area contributed by atoms with E-state index in [2.05, 4.69) is 4.98 Å². The molecule has 21 heavy (non-hydrogen) atoms. The number of Topliss-reactive ketones (excluding diaryl/α,β-unsaturated/α-hetero) is 1. The first-order valence-corrected chi connectivity index (χ1v) is 6.57. The summed E-state index contributed by atoms with van der Waals surface area (Å²) < 4.78 is 0. The van der Waals surface area contributed by atoms with Crippen molar-refractivity contribution in [1.29, 1.82) is 0 Å². The summed E-state index contributed by atoms with van der Waals surface area (Å²) >= 11 is 0. The molecular weight excluding hydrogens is 268 g/mol. The molecule has 1 N–H and O–H groups in total. The minimum atomic E-state index is -1.12. The topological polar surface area (TPSA) is 70.5 Å². The van der Waals surface area contributed by atoms with Crippen LogP contribution in [-0.4, -0.2) is 32.9 Å². The second-order valence-electron chi connectivity index (χ2n) is 4.67. The highest BCUT2D eigenvalue weighted by Crippen LogP contribution is 2.13. The van der Waals surface area contributed by atoms with Gasteiger partial charge in [0.05, 0.1) is 6.04 Å². The number of carbonyl (C=O) groups is 2. The van der Waals surface area contributed by atoms with Crippen LogP contribution in [0.2, 0.25) is 0 Å². The van der Waals surface area contributed by atoms with Gasteiger partial charge in [-0.15, -0.1) is 0 Å². The lowest BCUT2D eigenvalue weighted by Gasteiger charge is -2.25. The van der Waals surface area contributed by atoms with Gasteiger partial charge in [-0.25, -0.2) is 4.79 Å². The molecule has 2 rings (SSSR count). The number of hydrogen-bond donors (Lipinski definition) is 1. The highest BCUT2D eigenvalue weighted by Gasteiger charge is 2.26. The molecule has 0 saturated heterocycles. The van der Waals surface area contributed by atoms with E-state index in [0.717, 1.165) is 10.5 Å². The van der Waals surface area contributed by atoms with E-state index in [1.165, 1.54) is 12.4 Å². The molecule has 1 aromatic carbocycles. The fourth-order valence-corrected chi connectivity index (χ4v) is 2.05. The van der Waals surface area contributed by atoms with Gasteiger partial charge in [-0.05, 0) is 24.6 Å². The Bertz CT molecular complexity index is 614. The quantitative estimate of drug-likeness (QED) is 0.857. The average Bonchev–Trinajstić information content (AvgIpc) is 2.53. The zero-order chi connectivity index (χ0) is 15.2. The summed E-state index contributed by atoms with van der Waals surface area (Å²) in [6.45, 7) is 1.77. The van der Waals surface area contributed by atoms with Gasteiger partial charge in [0.25, 0.3) is 0 Å². The highest BCUT2D eigenvalue weighted by molar-refractivity contribution is 6.00. The second kappa shape index (κ2) is 6.65. The lowest BCUT2D eigenvalue weighted by atomic mass is 10.1. The third-order valence-corrected chi connectivity index (χ3v) is 3.25. The molecule has 1 heterocycles. The van der Waals surface area contributed by atoms with Crippen LogP contribution in [0.1, 0.15) is 22.8 Å². The van der Waals surface area contributed by atoms with Crippen LogP contribution in [0.15, 0.2) is 54.9 Å². The molecule has 1 amide bonds. The first-order chi connectivity index (χ1) is 10.1. The summed E-state index contributed by atoms with van der Waals surface area (Å²) in [7, 11) is 0. The number of carbonyl (C=O) groups excluding carboxylic acids is 1. The van der Waals surface area contributed by atoms with E-state index >= 15 is 0 Å². The predicted octanol–water partition coefficient (Wildman–Crippen LogP) is 2.83. The molecule has 0 aliphatic carbocycles. The van der Waals surface area contributed by atoms with Crippen LogP contribution in [0, 0.1) is 0 Å². The van der Waals surface area contributed by atoms with E-state index in [1.54, 1.807) is 19.1 Å². The first kappa shape index (κ1) is 14.7. The number of amides is 1. The molecule has 1 aromatic heterocycles. The van der Waals surface area contributed by atoms with Gasteiger partial charge < -0.3 is 5.11 Å². The Hall–Kier alpha value is -2.69. The fourth-order valence-electron chi connectivity index (χ4n) is 2.05. The van der Waals surface area contributed by atoms with Gasteiger partial charge in [0.15, 0.2) is 5.78 Å². The van der Waals surface area contributed by atoms with Crippen molar-refractivity contribution in [2.75, 3.05) is 0 Å². The summed E-state index contributed by atoms with van der Waals surface area (Å²) in [5, 5.41) is 9.36. The Morgan fingerprint density at radius 2 is 1.76 bits per heavy atom. The number of carboxylic acid groups (broad SMARTS) is 1. The zero-order valence-corrected chi connectivity index (χ0v) is 11.6. The highest BCUT2D eigenvalue weighted by atomic mass is 16.4. The van der Waals surface area contributed by atoms with Crippen molar-refractivity contribution >= 4 is 11.9 Å². The van der Waals surface area contributed by atoms with Crippen LogP contribution in [0.5, 0.6) is 0 Å². The maximum Gasteiger partial charge on any atom is 0.408 e. The van der Waals surface area contributed by atoms with Crippen LogP contribution >= 0.6 is 0 Å². The molecule has 1 atom stereocenters. The number of nitrogens with zero attached hydrogens (tertiary/aromatic N) is 2. The molecule has 108 valence electrons. The smallest absolute Gasteiger partial charge is 0.408 e. The molecule has 0 radical (unpaired) electrons. The van der Waals surface area contributed by atoms with Gasteiger partial charge in [0.2, 0.25) is 0 Å². The molecule has 0 fully saturated rings. The number of benzene rings is 1. The summed E-state index contributed by atoms with van der Waals surface area (Å²) in [5.41, 5.74) is 1.30. The number of hydrogen-bond acceptors (Lipinski definition) is 3. The van der Waals surface area contributed by atoms with Crippen LogP contribution in [0.25, 0.3) is 0 Å². The van der Waals surface area contributed by atoms with Crippen molar-refractivity contribution in [2.24, 2.45) is 0 Å². The monoisotopic (exact) mass is 284 g/mol. The molecular formula is C16H16N2O3. The zero-order valence-electron chi connectivity index (χ0n) is 11.6. The molecule has 0 aliphatic rings. The van der Waals surface area contributed by atoms with Gasteiger partial charge in [-0.3, -0.25) is 14.7 Å². The summed E-state index contributed by atoms with van der Waals surface area (Å²) in [6.07, 6.45) is 1.92. The van der Waals surface area contributed by atoms with E-state index in [1.807, 2.05) is 30.3 Å². The maximum absolute atomic E-state index is 12.3. The molecule has 2 aromatic rings. The lowest BCUT2D eigenvalue weighted by Crippen LogP contribution is -2.42. The second-order valence-corrected chi connectivity index (χ2v) is 4.67. The predicted molar refractivity (Wildman–Crippen MR) is 78.0 cm³/mol. The summed E-state index contributed by atoms with van der Waals surface area (Å²) in [6, 6.07) is 11.6. The van der Waals surface area contributed by atoms with E-state index < -0.39 is 12.1 Å². The fraction of sp³-hybridized carbons (Fsp3) is 0.188. The van der Waals surface area contributed by atoms with Crippen molar-refractivity contribution in [1.82, 2.24) is 9.88 Å². The van der Waals surface area contributed by atoms with Gasteiger partial charge in [-0.2, -0.15) is 0 Å². The van der Waals surface area contributed by atoms with Gasteiger partial charge >= 0.3 is 6.09 Å². The molecule has 5 nitrogen and oxygen atoms in total. The average molecular weight is 284 g/mol. The normalized spacial score (nSPS) is 11.7. The minimum absolute atomic E-state index is 0.175. The van der Waals surface area contributed by atoms with Gasteiger partial charge in [-0.1, -0.05) is 30.3 Å². The molecule has 1 unspecified atom stereocenters. The Kier molecular flexibility index (Phi) is 4.66. The number of ketones is 1. The largest absolute Gasteiger partial charge is 0.465 e. The third kappa shape index (κ3) is 3.66. The van der Waals surface area contributed by atoms with Crippen molar-refractivity contribution < 1.29 is 14.7 Å². The lowest BCUT2D eigenvalue weighted by molar-refractivity contribution is 0.0796. The van der Waals surface area contributed by atoms with Gasteiger partial charge in [0, 0.05) is 24.5 Å². The van der Waals surface area contributed by atoms with Gasteiger partial charge in [0.1, 0.15) is 0 Å². The molecule has 0 spiro atoms. The van der Waals surface area contributed by atoms with Crippen molar-refractivity contribution in [3.63, 3.8) is 0 Å². The van der Waals surface area contributed by atoms with E-state index in [4.69, 9.17) is 0 Å². The van der Waals surface area contributed by atoms with Crippen LogP contribution in [0.3, 0.4) is 0 Å². The SMILES string of the molecule is CC(C(=O)c1ccncc1)N(Cc1ccccc1)C(=O)O. The number of pyridine rings is 1. The maximum atomic E-state index is 12.3. The Morgan fingerprint density at radius 3 is 2.33 bits per heavy atom. The number of aromatic nitrogens is 1.